The first kappa shape index (κ1) is 21.1. The molecule has 0 radical (unpaired) electrons. The van der Waals surface area contributed by atoms with Gasteiger partial charge in [0.25, 0.3) is 5.56 Å². The van der Waals surface area contributed by atoms with Crippen molar-refractivity contribution in [1.82, 2.24) is 18.9 Å². The van der Waals surface area contributed by atoms with Gasteiger partial charge in [0, 0.05) is 29.6 Å². The molecule has 3 aromatic heterocycles. The first-order valence-electron chi connectivity index (χ1n) is 10.6. The third-order valence-electron chi connectivity index (χ3n) is 5.42. The molecule has 1 N–H and O–H groups in total. The highest BCUT2D eigenvalue weighted by atomic mass is 16.5. The van der Waals surface area contributed by atoms with E-state index in [2.05, 4.69) is 15.3 Å². The Morgan fingerprint density at radius 3 is 2.56 bits per heavy atom. The molecular formula is C26H21N5O3. The molecule has 8 nitrogen and oxygen atoms in total. The van der Waals surface area contributed by atoms with Crippen LogP contribution in [0.2, 0.25) is 0 Å². The number of anilines is 1. The Morgan fingerprint density at radius 2 is 1.79 bits per heavy atom. The van der Waals surface area contributed by atoms with E-state index in [-0.39, 0.29) is 18.0 Å². The molecule has 34 heavy (non-hydrogen) atoms. The van der Waals surface area contributed by atoms with Crippen LogP contribution in [0.15, 0.2) is 96.3 Å². The van der Waals surface area contributed by atoms with Crippen molar-refractivity contribution in [2.45, 2.75) is 6.54 Å². The van der Waals surface area contributed by atoms with Crippen molar-refractivity contribution in [3.63, 3.8) is 0 Å². The predicted octanol–water partition coefficient (Wildman–Crippen LogP) is 3.87. The zero-order valence-corrected chi connectivity index (χ0v) is 18.4. The molecule has 3 heterocycles. The Morgan fingerprint density at radius 1 is 1.00 bits per heavy atom. The first-order valence-corrected chi connectivity index (χ1v) is 10.6. The van der Waals surface area contributed by atoms with Gasteiger partial charge < -0.3 is 14.5 Å². The summed E-state index contributed by atoms with van der Waals surface area (Å²) in [5.74, 6) is 0.384. The van der Waals surface area contributed by atoms with Crippen LogP contribution in [0.1, 0.15) is 0 Å². The number of para-hydroxylation sites is 1. The minimum atomic E-state index is -0.336. The molecule has 5 aromatic rings. The molecule has 0 spiro atoms. The molecule has 0 aliphatic carbocycles. The summed E-state index contributed by atoms with van der Waals surface area (Å²) < 4.78 is 8.35. The van der Waals surface area contributed by atoms with Crippen LogP contribution in [-0.2, 0) is 11.3 Å². The summed E-state index contributed by atoms with van der Waals surface area (Å²) in [6, 6.07) is 21.9. The summed E-state index contributed by atoms with van der Waals surface area (Å²) in [5.41, 5.74) is 3.96. The van der Waals surface area contributed by atoms with E-state index in [1.54, 1.807) is 19.2 Å². The number of nitrogens with zero attached hydrogens (tertiary/aromatic N) is 4. The third-order valence-corrected chi connectivity index (χ3v) is 5.42. The van der Waals surface area contributed by atoms with Gasteiger partial charge in [0.2, 0.25) is 5.91 Å². The van der Waals surface area contributed by atoms with E-state index in [1.165, 1.54) is 17.0 Å². The van der Waals surface area contributed by atoms with Crippen LogP contribution in [0.25, 0.3) is 28.2 Å². The third kappa shape index (κ3) is 4.29. The molecule has 8 heteroatoms. The molecule has 0 bridgehead atoms. The molecule has 0 aliphatic heterocycles. The maximum atomic E-state index is 12.8. The van der Waals surface area contributed by atoms with Crippen molar-refractivity contribution < 1.29 is 9.53 Å². The second kappa shape index (κ2) is 9.03. The number of benzene rings is 2. The summed E-state index contributed by atoms with van der Waals surface area (Å²) in [4.78, 5) is 34.4. The van der Waals surface area contributed by atoms with Crippen molar-refractivity contribution in [1.29, 1.82) is 0 Å². The van der Waals surface area contributed by atoms with Gasteiger partial charge in [0.05, 0.1) is 30.5 Å². The number of pyridine rings is 1. The van der Waals surface area contributed by atoms with Gasteiger partial charge in [0.1, 0.15) is 17.9 Å². The fraction of sp³-hybridized carbons (Fsp3) is 0.0769. The van der Waals surface area contributed by atoms with E-state index in [9.17, 15) is 9.59 Å². The van der Waals surface area contributed by atoms with Crippen molar-refractivity contribution in [3.05, 3.63) is 102 Å². The number of methoxy groups -OCH3 is 1. The highest BCUT2D eigenvalue weighted by Crippen LogP contribution is 2.27. The molecule has 0 saturated heterocycles. The lowest BCUT2D eigenvalue weighted by Crippen LogP contribution is -2.27. The van der Waals surface area contributed by atoms with E-state index >= 15 is 0 Å². The van der Waals surface area contributed by atoms with E-state index in [0.717, 1.165) is 28.2 Å². The second-order valence-corrected chi connectivity index (χ2v) is 7.65. The number of hydrogen-bond acceptors (Lipinski definition) is 5. The zero-order chi connectivity index (χ0) is 23.5. The minimum absolute atomic E-state index is 0.159. The maximum absolute atomic E-state index is 12.8. The number of carbonyl (C=O) groups is 1. The standard InChI is InChI=1S/C26H21N5O3/c1-34-19-11-9-18(10-12-19)22-14-26(33)31(17-27-22)16-25(32)29-21-7-3-2-6-20(21)23-15-30-13-5-4-8-24(30)28-23/h2-15,17H,16H2,1H3,(H,29,32). The molecular weight excluding hydrogens is 430 g/mol. The molecule has 2 aromatic carbocycles. The number of ether oxygens (including phenoxy) is 1. The largest absolute Gasteiger partial charge is 0.497 e. The van der Waals surface area contributed by atoms with Crippen molar-refractivity contribution in [3.8, 4) is 28.3 Å². The van der Waals surface area contributed by atoms with E-state index in [0.29, 0.717) is 11.4 Å². The molecule has 1 amide bonds. The topological polar surface area (TPSA) is 90.5 Å². The van der Waals surface area contributed by atoms with Crippen LogP contribution >= 0.6 is 0 Å². The smallest absolute Gasteiger partial charge is 0.254 e. The average molecular weight is 451 g/mol. The molecule has 5 rings (SSSR count). The maximum Gasteiger partial charge on any atom is 0.254 e. The van der Waals surface area contributed by atoms with Gasteiger partial charge in [-0.25, -0.2) is 9.97 Å². The van der Waals surface area contributed by atoms with Crippen molar-refractivity contribution in [2.75, 3.05) is 12.4 Å². The Bertz CT molecular complexity index is 1500. The Kier molecular flexibility index (Phi) is 5.61. The number of imidazole rings is 1. The first-order chi connectivity index (χ1) is 16.6. The van der Waals surface area contributed by atoms with Crippen LogP contribution in [-0.4, -0.2) is 32.0 Å². The molecule has 0 unspecified atom stereocenters. The van der Waals surface area contributed by atoms with Gasteiger partial charge in [-0.05, 0) is 42.5 Å². The lowest BCUT2D eigenvalue weighted by molar-refractivity contribution is -0.116. The van der Waals surface area contributed by atoms with Gasteiger partial charge >= 0.3 is 0 Å². The SMILES string of the molecule is COc1ccc(-c2cc(=O)n(CC(=O)Nc3ccccc3-c3cn4ccccc4n3)cn2)cc1. The van der Waals surface area contributed by atoms with Crippen LogP contribution < -0.4 is 15.6 Å². The number of carbonyl (C=O) groups excluding carboxylic acids is 1. The predicted molar refractivity (Wildman–Crippen MR) is 130 cm³/mol. The number of aromatic nitrogens is 4. The molecule has 0 fully saturated rings. The Balaban J connectivity index is 1.34. The quantitative estimate of drug-likeness (QED) is 0.423. The fourth-order valence-corrected chi connectivity index (χ4v) is 3.69. The highest BCUT2D eigenvalue weighted by Gasteiger charge is 2.13. The van der Waals surface area contributed by atoms with Gasteiger partial charge in [-0.2, -0.15) is 0 Å². The van der Waals surface area contributed by atoms with Gasteiger partial charge in [0.15, 0.2) is 0 Å². The van der Waals surface area contributed by atoms with E-state index < -0.39 is 0 Å². The van der Waals surface area contributed by atoms with Crippen LogP contribution in [0.3, 0.4) is 0 Å². The average Bonchev–Trinajstić information content (AvgIpc) is 3.30. The summed E-state index contributed by atoms with van der Waals surface area (Å²) in [6.45, 7) is -0.159. The Labute approximate surface area is 195 Å². The van der Waals surface area contributed by atoms with Crippen molar-refractivity contribution in [2.24, 2.45) is 0 Å². The molecule has 168 valence electrons. The Hall–Kier alpha value is -4.72. The zero-order valence-electron chi connectivity index (χ0n) is 18.4. The highest BCUT2D eigenvalue weighted by molar-refractivity contribution is 5.95. The lowest BCUT2D eigenvalue weighted by atomic mass is 10.1. The lowest BCUT2D eigenvalue weighted by Gasteiger charge is -2.11. The molecule has 0 saturated carbocycles. The monoisotopic (exact) mass is 451 g/mol. The van der Waals surface area contributed by atoms with Crippen molar-refractivity contribution >= 4 is 17.2 Å². The van der Waals surface area contributed by atoms with Gasteiger partial charge in [-0.15, -0.1) is 0 Å². The number of hydrogen-bond donors (Lipinski definition) is 1. The summed E-state index contributed by atoms with van der Waals surface area (Å²) in [5, 5.41) is 2.90. The fourth-order valence-electron chi connectivity index (χ4n) is 3.69. The number of amides is 1. The van der Waals surface area contributed by atoms with Crippen LogP contribution in [0, 0.1) is 0 Å². The summed E-state index contributed by atoms with van der Waals surface area (Å²) in [7, 11) is 1.59. The van der Waals surface area contributed by atoms with Gasteiger partial charge in [-0.1, -0.05) is 24.3 Å². The summed E-state index contributed by atoms with van der Waals surface area (Å²) in [6.07, 6.45) is 5.21. The van der Waals surface area contributed by atoms with Crippen LogP contribution in [0.5, 0.6) is 5.75 Å². The number of nitrogens with one attached hydrogen (secondary N) is 1. The molecule has 0 atom stereocenters. The molecule has 0 aliphatic rings. The summed E-state index contributed by atoms with van der Waals surface area (Å²) >= 11 is 0. The van der Waals surface area contributed by atoms with E-state index in [1.807, 2.05) is 71.4 Å². The second-order valence-electron chi connectivity index (χ2n) is 7.65. The number of rotatable bonds is 6. The van der Waals surface area contributed by atoms with E-state index in [4.69, 9.17) is 4.74 Å². The minimum Gasteiger partial charge on any atom is -0.497 e. The van der Waals surface area contributed by atoms with Gasteiger partial charge in [-0.3, -0.25) is 14.2 Å². The van der Waals surface area contributed by atoms with Crippen LogP contribution in [0.4, 0.5) is 5.69 Å². The normalized spacial score (nSPS) is 10.9. The number of fused-ring (bicyclic) bond motifs is 1.